The molecule has 23 nitrogen and oxygen atoms in total. The third-order valence-electron chi connectivity index (χ3n) is 13.0. The van der Waals surface area contributed by atoms with Gasteiger partial charge in [0, 0.05) is 84.2 Å². The highest BCUT2D eigenvalue weighted by atomic mass is 19.1. The topological polar surface area (TPSA) is 266 Å². The lowest BCUT2D eigenvalue weighted by atomic mass is 10.0. The molecule has 95 heavy (non-hydrogen) atoms. The largest absolute Gasteiger partial charge is 0.317 e. The van der Waals surface area contributed by atoms with Crippen molar-refractivity contribution in [3.05, 3.63) is 80.7 Å². The second-order valence-corrected chi connectivity index (χ2v) is 21.0. The molecule has 0 bridgehead atoms. The molecule has 0 spiro atoms. The van der Waals surface area contributed by atoms with Crippen LogP contribution in [-0.2, 0) is 0 Å². The normalized spacial score (nSPS) is 15.3. The summed E-state index contributed by atoms with van der Waals surface area (Å²) in [5.74, 6) is 5.30. The molecule has 0 saturated carbocycles. The first-order chi connectivity index (χ1) is 46.1. The number of alkyl halides is 2. The van der Waals surface area contributed by atoms with Gasteiger partial charge in [0.15, 0.2) is 6.30 Å². The van der Waals surface area contributed by atoms with Crippen LogP contribution in [0, 0.1) is 184 Å². The minimum Gasteiger partial charge on any atom is -0.317 e. The Bertz CT molecular complexity index is 2600. The number of terminal acetylenes is 2. The average molecular weight is 1300 g/mol. The van der Waals surface area contributed by atoms with Crippen molar-refractivity contribution in [3.63, 3.8) is 0 Å². The molecule has 4 unspecified atom stereocenters. The van der Waals surface area contributed by atoms with Crippen molar-refractivity contribution >= 4 is 0 Å². The number of hydrogen-bond acceptors (Lipinski definition) is 17. The Kier molecular flexibility index (Phi) is 80.5. The molecule has 0 aromatic rings. The molecule has 3 rings (SSSR count). The van der Waals surface area contributed by atoms with Gasteiger partial charge >= 0.3 is 0 Å². The third kappa shape index (κ3) is 64.6. The Balaban J connectivity index is -0.000000241. The van der Waals surface area contributed by atoms with Crippen LogP contribution in [0.25, 0.3) is 29.1 Å². The van der Waals surface area contributed by atoms with Gasteiger partial charge < -0.3 is 29.1 Å². The zero-order chi connectivity index (χ0) is 72.8. The van der Waals surface area contributed by atoms with Crippen LogP contribution >= 0.6 is 0 Å². The van der Waals surface area contributed by atoms with E-state index in [1.807, 2.05) is 61.2 Å². The van der Waals surface area contributed by atoms with Crippen molar-refractivity contribution in [2.45, 2.75) is 157 Å². The molecule has 0 radical (unpaired) electrons. The first-order valence-electron chi connectivity index (χ1n) is 32.1. The van der Waals surface area contributed by atoms with Crippen molar-refractivity contribution in [1.82, 2.24) is 39.2 Å². The number of hydrogen-bond donors (Lipinski definition) is 0. The van der Waals surface area contributed by atoms with Crippen LogP contribution in [0.15, 0.2) is 12.2 Å². The Labute approximate surface area is 572 Å². The molecule has 25 heteroatoms. The van der Waals surface area contributed by atoms with Gasteiger partial charge in [0.2, 0.25) is 45.7 Å². The summed E-state index contributed by atoms with van der Waals surface area (Å²) in [6.07, 6.45) is 26.6. The van der Waals surface area contributed by atoms with Crippen LogP contribution in [0.5, 0.6) is 0 Å². The summed E-state index contributed by atoms with van der Waals surface area (Å²) in [6, 6.07) is 18.4. The van der Waals surface area contributed by atoms with Gasteiger partial charge in [0.05, 0.1) is 133 Å². The van der Waals surface area contributed by atoms with Crippen molar-refractivity contribution in [1.29, 1.82) is 47.4 Å². The molecule has 0 aliphatic carbocycles. The molecular formula is C70H103F2N23. The monoisotopic (exact) mass is 1300 g/mol. The summed E-state index contributed by atoms with van der Waals surface area (Å²) in [4.78, 5) is 33.3. The highest BCUT2D eigenvalue weighted by Crippen LogP contribution is 2.16. The van der Waals surface area contributed by atoms with Gasteiger partial charge in [-0.3, -0.25) is 29.4 Å². The Morgan fingerprint density at radius 1 is 0.442 bits per heavy atom. The molecule has 0 aromatic carbocycles. The van der Waals surface area contributed by atoms with Gasteiger partial charge in [-0.25, -0.2) is 58.0 Å². The molecule has 4 atom stereocenters. The summed E-state index contributed by atoms with van der Waals surface area (Å²) < 4.78 is 27.0. The maximum absolute atomic E-state index is 13.7. The number of unbranched alkanes of at least 4 members (excludes halogenated alkanes) is 3. The minimum atomic E-state index is -1.44. The first kappa shape index (κ1) is 96.8. The molecule has 3 heterocycles. The molecule has 0 amide bonds. The molecular weight excluding hydrogens is 1200 g/mol. The summed E-state index contributed by atoms with van der Waals surface area (Å²) >= 11 is 0. The number of nitrogens with zero attached hydrogens (tertiary/aromatic N) is 23. The van der Waals surface area contributed by atoms with Gasteiger partial charge in [-0.1, -0.05) is 79.2 Å². The highest BCUT2D eigenvalue weighted by Gasteiger charge is 2.32. The van der Waals surface area contributed by atoms with Crippen LogP contribution in [0.4, 0.5) is 8.78 Å². The van der Waals surface area contributed by atoms with E-state index in [1.54, 1.807) is 4.90 Å². The highest BCUT2D eigenvalue weighted by molar-refractivity contribution is 4.93. The summed E-state index contributed by atoms with van der Waals surface area (Å²) in [5.41, 5.74) is 0. The van der Waals surface area contributed by atoms with Crippen LogP contribution in [-0.4, -0.2) is 197 Å². The lowest BCUT2D eigenvalue weighted by molar-refractivity contribution is -0.130. The maximum Gasteiger partial charge on any atom is 0.232 e. The van der Waals surface area contributed by atoms with Gasteiger partial charge in [0.25, 0.3) is 0 Å². The summed E-state index contributed by atoms with van der Waals surface area (Å²) in [6.45, 7) is 61.7. The van der Waals surface area contributed by atoms with Gasteiger partial charge in [-0.15, -0.1) is 18.8 Å². The lowest BCUT2D eigenvalue weighted by Gasteiger charge is -2.42. The Morgan fingerprint density at radius 2 is 0.926 bits per heavy atom. The Hall–Kier alpha value is -9.25. The fraction of sp³-hybridized carbons (Fsp3) is 0.700. The van der Waals surface area contributed by atoms with Crippen molar-refractivity contribution in [2.24, 2.45) is 17.8 Å². The van der Waals surface area contributed by atoms with Crippen LogP contribution in [0.1, 0.15) is 144 Å². The fourth-order valence-corrected chi connectivity index (χ4v) is 7.98. The number of nitriles is 9. The second kappa shape index (κ2) is 79.0. The van der Waals surface area contributed by atoms with E-state index >= 15 is 0 Å². The third-order valence-corrected chi connectivity index (χ3v) is 13.0. The van der Waals surface area contributed by atoms with Crippen molar-refractivity contribution in [2.75, 3.05) is 145 Å². The molecule has 0 aromatic heterocycles. The number of halogens is 2. The molecule has 3 aliphatic rings. The smallest absolute Gasteiger partial charge is 0.232 e. The van der Waals surface area contributed by atoms with E-state index in [9.17, 15) is 8.78 Å². The zero-order valence-corrected chi connectivity index (χ0v) is 57.6. The second-order valence-electron chi connectivity index (χ2n) is 21.0. The van der Waals surface area contributed by atoms with E-state index < -0.39 is 12.7 Å². The van der Waals surface area contributed by atoms with Gasteiger partial charge in [0.1, 0.15) is 5.92 Å². The number of piperazine rings is 1. The number of rotatable bonds is 28. The molecule has 3 aliphatic heterocycles. The van der Waals surface area contributed by atoms with Gasteiger partial charge in [-0.2, -0.15) is 47.4 Å². The van der Waals surface area contributed by atoms with E-state index in [-0.39, 0.29) is 57.3 Å². The zero-order valence-electron chi connectivity index (χ0n) is 57.6. The SMILES string of the molecule is C#CCCN1CN(CCC#N)CN(CCC#N)C1.C#CCN1CCN(CC#N)C(F)C1.N#CCN1CN(CC#N)C(F)N(CC#N)C1.[C-]#[N+]C/C=C/CC.[C-]#[N+]CC(C#N)CC.[C-]#[N+]CCC.[C-]#[N+]CCC(C#N)CCC.[C-]#[N+]CCC(C#N)CCCC.[C-]#[N+]CCCCC. The molecule has 3 saturated heterocycles. The summed E-state index contributed by atoms with van der Waals surface area (Å²) in [5, 5.41) is 76.7. The lowest BCUT2D eigenvalue weighted by Crippen LogP contribution is -2.59. The molecule has 3 fully saturated rings. The predicted octanol–water partition coefficient (Wildman–Crippen LogP) is 11.9. The standard InChI is InChI=1S/C13H19N5.C9H11FN6.C9H12FN3.C9H14N2.C8H12N2.C6H8N2.C6H11N.C6H9N.C4H7N/c1-2-3-8-16-11-17(9-4-6-14)13-18(12-16)10-5-7-15;10-9-15(5-2-12)7-14(4-1-11)8-16(9)6-3-13;1-2-4-12-6-7-13(5-3-11)9(10)8-12;1-3-4-5-9(8-10)6-7-11-2;1-3-4-8(7-9)5-6-10-2;1-3-6(4-7)5-8-2;2*1-3-4-5-6-7-2;1-3-4-5-2/h1H,3-5,8-13H2;9H,4-8H2;1,9H,4-8H2;9H,3-7H2,1H3;8H,3-6H2,1H3;6H,3,5H2,1H3;3-6H2,1H3;4-5H,3,6H2,1H3;3-4H2,1H3/b;;;;;;;5-4+;. The van der Waals surface area contributed by atoms with Crippen LogP contribution in [0.3, 0.4) is 0 Å². The van der Waals surface area contributed by atoms with E-state index in [1.165, 1.54) is 27.5 Å². The van der Waals surface area contributed by atoms with E-state index in [0.717, 1.165) is 123 Å². The van der Waals surface area contributed by atoms with Crippen molar-refractivity contribution in [3.8, 4) is 79.3 Å². The summed E-state index contributed by atoms with van der Waals surface area (Å²) in [7, 11) is 0. The first-order valence-corrected chi connectivity index (χ1v) is 32.1. The van der Waals surface area contributed by atoms with Crippen LogP contribution < -0.4 is 0 Å². The fourth-order valence-electron chi connectivity index (χ4n) is 7.98. The molecule has 512 valence electrons. The van der Waals surface area contributed by atoms with E-state index in [4.69, 9.17) is 99.6 Å². The maximum atomic E-state index is 13.7. The number of allylic oxidation sites excluding steroid dienone is 1. The Morgan fingerprint density at radius 3 is 1.27 bits per heavy atom. The predicted molar refractivity (Wildman–Crippen MR) is 367 cm³/mol. The minimum absolute atomic E-state index is 0.0486. The average Bonchev–Trinajstić information content (AvgIpc) is 1.00. The van der Waals surface area contributed by atoms with E-state index in [2.05, 4.69) is 108 Å². The molecule has 0 N–H and O–H groups in total. The quantitative estimate of drug-likeness (QED) is 0.0176. The van der Waals surface area contributed by atoms with E-state index in [0.29, 0.717) is 71.7 Å². The van der Waals surface area contributed by atoms with Gasteiger partial charge in [-0.05, 0) is 38.2 Å². The van der Waals surface area contributed by atoms with Crippen molar-refractivity contribution < 1.29 is 8.78 Å². The van der Waals surface area contributed by atoms with Crippen LogP contribution in [0.2, 0.25) is 0 Å².